The van der Waals surface area contributed by atoms with E-state index in [1.165, 1.54) is 0 Å². The molecule has 106 valence electrons. The molecule has 6 heteroatoms. The second-order valence-corrected chi connectivity index (χ2v) is 4.60. The lowest BCUT2D eigenvalue weighted by Crippen LogP contribution is -2.53. The molecule has 2 atom stereocenters. The summed E-state index contributed by atoms with van der Waals surface area (Å²) in [7, 11) is 1.57. The minimum absolute atomic E-state index is 0.0957. The number of carbonyl (C=O) groups excluding carboxylic acids is 1. The Morgan fingerprint density at radius 2 is 1.89 bits per heavy atom. The van der Waals surface area contributed by atoms with Crippen LogP contribution in [0.4, 0.5) is 4.79 Å². The molecule has 2 N–H and O–H groups in total. The van der Waals surface area contributed by atoms with Gasteiger partial charge in [-0.1, -0.05) is 13.8 Å². The Kier molecular flexibility index (Phi) is 7.35. The first-order valence-electron chi connectivity index (χ1n) is 6.13. The summed E-state index contributed by atoms with van der Waals surface area (Å²) in [5.74, 6) is -1.18. The summed E-state index contributed by atoms with van der Waals surface area (Å²) < 4.78 is 5.00. The minimum Gasteiger partial charge on any atom is -0.480 e. The highest BCUT2D eigenvalue weighted by Crippen LogP contribution is 2.05. The number of aliphatic carboxylic acids is 1. The van der Waals surface area contributed by atoms with Crippen LogP contribution in [-0.4, -0.2) is 54.4 Å². The first-order chi connectivity index (χ1) is 8.34. The van der Waals surface area contributed by atoms with Crippen LogP contribution in [0.5, 0.6) is 0 Å². The first kappa shape index (κ1) is 16.7. The number of carboxylic acids is 1. The van der Waals surface area contributed by atoms with Gasteiger partial charge in [-0.25, -0.2) is 9.59 Å². The monoisotopic (exact) mass is 260 g/mol. The van der Waals surface area contributed by atoms with Crippen molar-refractivity contribution in [3.63, 3.8) is 0 Å². The van der Waals surface area contributed by atoms with Crippen LogP contribution in [0, 0.1) is 5.92 Å². The molecule has 0 bridgehead atoms. The second-order valence-electron chi connectivity index (χ2n) is 4.60. The van der Waals surface area contributed by atoms with Gasteiger partial charge < -0.3 is 20.1 Å². The Hall–Kier alpha value is -1.30. The predicted molar refractivity (Wildman–Crippen MR) is 68.5 cm³/mol. The number of likely N-dealkylation sites (N-methyl/N-ethyl adjacent to an activating group) is 1. The van der Waals surface area contributed by atoms with Crippen molar-refractivity contribution >= 4 is 12.0 Å². The number of nitrogens with one attached hydrogen (secondary N) is 1. The lowest BCUT2D eigenvalue weighted by molar-refractivity contribution is -0.140. The van der Waals surface area contributed by atoms with E-state index in [0.29, 0.717) is 13.2 Å². The Labute approximate surface area is 108 Å². The van der Waals surface area contributed by atoms with E-state index in [4.69, 9.17) is 9.84 Å². The number of amides is 2. The smallest absolute Gasteiger partial charge is 0.326 e. The van der Waals surface area contributed by atoms with Gasteiger partial charge in [0.2, 0.25) is 0 Å². The quantitative estimate of drug-likeness (QED) is 0.720. The van der Waals surface area contributed by atoms with Gasteiger partial charge in [0.1, 0.15) is 6.04 Å². The lowest BCUT2D eigenvalue weighted by atomic mass is 10.1. The highest BCUT2D eigenvalue weighted by Gasteiger charge is 2.27. The molecular weight excluding hydrogens is 236 g/mol. The molecule has 0 aromatic rings. The highest BCUT2D eigenvalue weighted by molar-refractivity contribution is 5.82. The van der Waals surface area contributed by atoms with Gasteiger partial charge in [-0.05, 0) is 19.8 Å². The average molecular weight is 260 g/mol. The van der Waals surface area contributed by atoms with Crippen LogP contribution >= 0.6 is 0 Å². The van der Waals surface area contributed by atoms with Crippen LogP contribution in [0.3, 0.4) is 0 Å². The van der Waals surface area contributed by atoms with Gasteiger partial charge in [-0.2, -0.15) is 0 Å². The summed E-state index contributed by atoms with van der Waals surface area (Å²) in [6, 6.07) is -1.34. The zero-order chi connectivity index (χ0) is 14.3. The van der Waals surface area contributed by atoms with Crippen molar-refractivity contribution < 1.29 is 19.4 Å². The Balaban J connectivity index is 4.64. The number of rotatable bonds is 7. The molecule has 0 aromatic heterocycles. The van der Waals surface area contributed by atoms with Crippen LogP contribution < -0.4 is 5.32 Å². The van der Waals surface area contributed by atoms with E-state index in [1.54, 1.807) is 25.9 Å². The van der Waals surface area contributed by atoms with E-state index in [0.717, 1.165) is 0 Å². The number of carbonyl (C=O) groups is 2. The fourth-order valence-electron chi connectivity index (χ4n) is 1.72. The van der Waals surface area contributed by atoms with Gasteiger partial charge in [0.15, 0.2) is 0 Å². The van der Waals surface area contributed by atoms with E-state index < -0.39 is 12.0 Å². The molecule has 0 saturated carbocycles. The Morgan fingerprint density at radius 3 is 2.22 bits per heavy atom. The van der Waals surface area contributed by atoms with Crippen molar-refractivity contribution in [3.8, 4) is 0 Å². The molecular formula is C12H24N2O4. The maximum Gasteiger partial charge on any atom is 0.326 e. The van der Waals surface area contributed by atoms with Gasteiger partial charge in [-0.3, -0.25) is 0 Å². The third kappa shape index (κ3) is 4.91. The molecule has 2 amide bonds. The zero-order valence-electron chi connectivity index (χ0n) is 11.8. The van der Waals surface area contributed by atoms with Crippen LogP contribution in [0.2, 0.25) is 0 Å². The van der Waals surface area contributed by atoms with Crippen molar-refractivity contribution in [2.24, 2.45) is 5.92 Å². The lowest BCUT2D eigenvalue weighted by Gasteiger charge is -2.30. The molecule has 0 rings (SSSR count). The second kappa shape index (κ2) is 7.92. The summed E-state index contributed by atoms with van der Waals surface area (Å²) in [4.78, 5) is 24.6. The third-order valence-corrected chi connectivity index (χ3v) is 2.75. The number of hydrogen-bond acceptors (Lipinski definition) is 3. The van der Waals surface area contributed by atoms with E-state index in [1.807, 2.05) is 13.8 Å². The predicted octanol–water partition coefficient (Wildman–Crippen LogP) is 1.16. The maximum atomic E-state index is 12.0. The molecule has 1 unspecified atom stereocenters. The van der Waals surface area contributed by atoms with Crippen molar-refractivity contribution in [1.29, 1.82) is 0 Å². The minimum atomic E-state index is -1.02. The number of urea groups is 1. The van der Waals surface area contributed by atoms with E-state index in [2.05, 4.69) is 5.32 Å². The summed E-state index contributed by atoms with van der Waals surface area (Å²) in [5, 5.41) is 11.6. The van der Waals surface area contributed by atoms with Crippen molar-refractivity contribution in [2.75, 3.05) is 20.3 Å². The number of carboxylic acid groups (broad SMARTS) is 1. The highest BCUT2D eigenvalue weighted by atomic mass is 16.5. The number of hydrogen-bond donors (Lipinski definition) is 2. The largest absolute Gasteiger partial charge is 0.480 e. The van der Waals surface area contributed by atoms with E-state index in [9.17, 15) is 9.59 Å². The molecule has 0 aromatic carbocycles. The van der Waals surface area contributed by atoms with Crippen LogP contribution in [0.1, 0.15) is 27.7 Å². The maximum absolute atomic E-state index is 12.0. The molecule has 0 heterocycles. The fourth-order valence-corrected chi connectivity index (χ4v) is 1.72. The van der Waals surface area contributed by atoms with Crippen LogP contribution in [-0.2, 0) is 9.53 Å². The molecule has 0 spiro atoms. The molecule has 0 radical (unpaired) electrons. The van der Waals surface area contributed by atoms with Crippen molar-refractivity contribution in [1.82, 2.24) is 10.2 Å². The van der Waals surface area contributed by atoms with Gasteiger partial charge in [0.25, 0.3) is 0 Å². The molecule has 18 heavy (non-hydrogen) atoms. The van der Waals surface area contributed by atoms with E-state index in [-0.39, 0.29) is 18.0 Å². The number of methoxy groups -OCH3 is 1. The van der Waals surface area contributed by atoms with Gasteiger partial charge >= 0.3 is 12.0 Å². The molecule has 0 aliphatic carbocycles. The summed E-state index contributed by atoms with van der Waals surface area (Å²) in [6.07, 6.45) is 0. The molecule has 6 nitrogen and oxygen atoms in total. The Bertz CT molecular complexity index is 281. The Morgan fingerprint density at radius 1 is 1.33 bits per heavy atom. The summed E-state index contributed by atoms with van der Waals surface area (Å²) >= 11 is 0. The molecule has 0 saturated heterocycles. The van der Waals surface area contributed by atoms with Gasteiger partial charge in [-0.15, -0.1) is 0 Å². The topological polar surface area (TPSA) is 78.9 Å². The molecule has 0 aliphatic heterocycles. The SMILES string of the molecule is CCN(C(=O)N[C@@H](C(=O)O)C(C)C)C(C)COC. The third-order valence-electron chi connectivity index (χ3n) is 2.75. The molecule has 0 fully saturated rings. The zero-order valence-corrected chi connectivity index (χ0v) is 11.8. The van der Waals surface area contributed by atoms with Crippen molar-refractivity contribution in [2.45, 2.75) is 39.8 Å². The average Bonchev–Trinajstić information content (AvgIpc) is 2.26. The van der Waals surface area contributed by atoms with Crippen LogP contribution in [0.15, 0.2) is 0 Å². The van der Waals surface area contributed by atoms with Crippen LogP contribution in [0.25, 0.3) is 0 Å². The fraction of sp³-hybridized carbons (Fsp3) is 0.833. The standard InChI is InChI=1S/C12H24N2O4/c1-6-14(9(4)7-18-5)12(17)13-10(8(2)3)11(15)16/h8-10H,6-7H2,1-5H3,(H,13,17)(H,15,16)/t9?,10-/m1/s1. The summed E-state index contributed by atoms with van der Waals surface area (Å²) in [6.45, 7) is 8.14. The first-order valence-corrected chi connectivity index (χ1v) is 6.13. The number of ether oxygens (including phenoxy) is 1. The van der Waals surface area contributed by atoms with Crippen molar-refractivity contribution in [3.05, 3.63) is 0 Å². The van der Waals surface area contributed by atoms with E-state index >= 15 is 0 Å². The normalized spacial score (nSPS) is 14.1. The molecule has 0 aliphatic rings. The summed E-state index contributed by atoms with van der Waals surface area (Å²) in [5.41, 5.74) is 0. The van der Waals surface area contributed by atoms with Gasteiger partial charge in [0, 0.05) is 13.7 Å². The van der Waals surface area contributed by atoms with Gasteiger partial charge in [0.05, 0.1) is 12.6 Å². The number of nitrogens with zero attached hydrogens (tertiary/aromatic N) is 1.